The molecule has 1 unspecified atom stereocenters. The molecule has 5 nitrogen and oxygen atoms in total. The fourth-order valence-corrected chi connectivity index (χ4v) is 2.96. The first-order valence-electron chi connectivity index (χ1n) is 6.85. The highest BCUT2D eigenvalue weighted by atomic mass is 32.1. The number of likely N-dealkylation sites (N-methyl/N-ethyl adjacent to an activating group) is 1. The maximum atomic E-state index is 12.1. The maximum absolute atomic E-state index is 12.1. The fraction of sp³-hybridized carbons (Fsp3) is 0.571. The van der Waals surface area contributed by atoms with Crippen LogP contribution in [0, 0.1) is 0 Å². The lowest BCUT2D eigenvalue weighted by molar-refractivity contribution is -0.117. The molecule has 0 spiro atoms. The van der Waals surface area contributed by atoms with Crippen molar-refractivity contribution in [2.75, 3.05) is 19.0 Å². The summed E-state index contributed by atoms with van der Waals surface area (Å²) in [4.78, 5) is 24.1. The van der Waals surface area contributed by atoms with E-state index in [2.05, 4.69) is 10.6 Å². The zero-order valence-electron chi connectivity index (χ0n) is 12.0. The van der Waals surface area contributed by atoms with E-state index in [0.717, 1.165) is 18.4 Å². The van der Waals surface area contributed by atoms with Crippen LogP contribution in [0.15, 0.2) is 5.38 Å². The van der Waals surface area contributed by atoms with Gasteiger partial charge in [0.05, 0.1) is 18.2 Å². The van der Waals surface area contributed by atoms with Gasteiger partial charge in [-0.1, -0.05) is 0 Å². The van der Waals surface area contributed by atoms with Crippen LogP contribution in [0.1, 0.15) is 48.5 Å². The van der Waals surface area contributed by atoms with E-state index in [1.165, 1.54) is 11.3 Å². The topological polar surface area (TPSA) is 67.4 Å². The van der Waals surface area contributed by atoms with Gasteiger partial charge < -0.3 is 15.4 Å². The number of esters is 1. The number of ether oxygens (including phenoxy) is 1. The minimum atomic E-state index is -0.344. The summed E-state index contributed by atoms with van der Waals surface area (Å²) in [5.74, 6) is -0.0525. The van der Waals surface area contributed by atoms with Gasteiger partial charge >= 0.3 is 5.97 Å². The minimum absolute atomic E-state index is 0.151. The van der Waals surface area contributed by atoms with Crippen molar-refractivity contribution < 1.29 is 14.3 Å². The van der Waals surface area contributed by atoms with E-state index in [9.17, 15) is 9.59 Å². The smallest absolute Gasteiger partial charge is 0.341 e. The molecule has 1 amide bonds. The molecule has 1 saturated carbocycles. The molecular formula is C14H20N2O3S. The Morgan fingerprint density at radius 1 is 1.50 bits per heavy atom. The summed E-state index contributed by atoms with van der Waals surface area (Å²) in [6.45, 7) is 3.89. The Balaban J connectivity index is 2.23. The summed E-state index contributed by atoms with van der Waals surface area (Å²) < 4.78 is 5.11. The van der Waals surface area contributed by atoms with Crippen molar-refractivity contribution in [1.82, 2.24) is 5.32 Å². The normalized spacial score (nSPS) is 15.8. The first kappa shape index (κ1) is 15.0. The number of anilines is 1. The second-order valence-electron chi connectivity index (χ2n) is 4.89. The number of hydrogen-bond donors (Lipinski definition) is 2. The molecule has 2 rings (SSSR count). The van der Waals surface area contributed by atoms with E-state index in [-0.39, 0.29) is 17.9 Å². The van der Waals surface area contributed by atoms with Crippen LogP contribution in [0.2, 0.25) is 0 Å². The molecule has 0 bridgehead atoms. The van der Waals surface area contributed by atoms with Gasteiger partial charge in [0.2, 0.25) is 5.91 Å². The van der Waals surface area contributed by atoms with Crippen LogP contribution in [0.3, 0.4) is 0 Å². The summed E-state index contributed by atoms with van der Waals surface area (Å²) in [5.41, 5.74) is 1.55. The Morgan fingerprint density at radius 3 is 2.75 bits per heavy atom. The SMILES string of the molecule is CCOC(=O)c1c(C2CC2)csc1NC(=O)C(C)NC. The average Bonchev–Trinajstić information content (AvgIpc) is 3.19. The molecule has 110 valence electrons. The van der Waals surface area contributed by atoms with Gasteiger partial charge in [-0.3, -0.25) is 4.79 Å². The van der Waals surface area contributed by atoms with Gasteiger partial charge in [0.25, 0.3) is 0 Å². The van der Waals surface area contributed by atoms with Crippen molar-refractivity contribution in [2.24, 2.45) is 0 Å². The van der Waals surface area contributed by atoms with Gasteiger partial charge in [0, 0.05) is 0 Å². The molecule has 1 aliphatic carbocycles. The van der Waals surface area contributed by atoms with Crippen LogP contribution in [0.25, 0.3) is 0 Å². The lowest BCUT2D eigenvalue weighted by atomic mass is 10.1. The lowest BCUT2D eigenvalue weighted by Gasteiger charge is -2.11. The van der Waals surface area contributed by atoms with Gasteiger partial charge in [-0.05, 0) is 50.6 Å². The van der Waals surface area contributed by atoms with E-state index in [1.54, 1.807) is 20.9 Å². The van der Waals surface area contributed by atoms with Crippen molar-refractivity contribution in [2.45, 2.75) is 38.6 Å². The van der Waals surface area contributed by atoms with E-state index in [1.807, 2.05) is 5.38 Å². The number of carbonyl (C=O) groups excluding carboxylic acids is 2. The third-order valence-electron chi connectivity index (χ3n) is 3.38. The largest absolute Gasteiger partial charge is 0.462 e. The van der Waals surface area contributed by atoms with Crippen molar-refractivity contribution in [3.05, 3.63) is 16.5 Å². The monoisotopic (exact) mass is 296 g/mol. The minimum Gasteiger partial charge on any atom is -0.462 e. The third kappa shape index (κ3) is 3.19. The van der Waals surface area contributed by atoms with E-state index in [0.29, 0.717) is 23.1 Å². The molecule has 2 N–H and O–H groups in total. The zero-order valence-corrected chi connectivity index (χ0v) is 12.8. The van der Waals surface area contributed by atoms with E-state index < -0.39 is 0 Å². The molecule has 1 aromatic heterocycles. The first-order chi connectivity index (χ1) is 9.58. The predicted molar refractivity (Wildman–Crippen MR) is 79.4 cm³/mol. The predicted octanol–water partition coefficient (Wildman–Crippen LogP) is 2.35. The Hall–Kier alpha value is -1.40. The quantitative estimate of drug-likeness (QED) is 0.791. The highest BCUT2D eigenvalue weighted by Gasteiger charge is 2.32. The Kier molecular flexibility index (Phi) is 4.77. The molecule has 1 fully saturated rings. The summed E-state index contributed by atoms with van der Waals surface area (Å²) in [5, 5.41) is 8.25. The standard InChI is InChI=1S/C14H20N2O3S/c1-4-19-14(18)11-10(9-5-6-9)7-20-13(11)16-12(17)8(2)15-3/h7-9,15H,4-6H2,1-3H3,(H,16,17). The number of carbonyl (C=O) groups is 2. The Bertz CT molecular complexity index is 509. The summed E-state index contributed by atoms with van der Waals surface area (Å²) in [7, 11) is 1.72. The molecule has 1 aromatic rings. The van der Waals surface area contributed by atoms with Crippen LogP contribution in [0.4, 0.5) is 5.00 Å². The zero-order chi connectivity index (χ0) is 14.7. The maximum Gasteiger partial charge on any atom is 0.341 e. The average molecular weight is 296 g/mol. The molecule has 6 heteroatoms. The van der Waals surface area contributed by atoms with Crippen molar-refractivity contribution in [3.8, 4) is 0 Å². The molecule has 0 aliphatic heterocycles. The van der Waals surface area contributed by atoms with Gasteiger partial charge in [0.15, 0.2) is 0 Å². The van der Waals surface area contributed by atoms with Gasteiger partial charge in [-0.2, -0.15) is 0 Å². The molecule has 1 heterocycles. The van der Waals surface area contributed by atoms with Crippen LogP contribution in [-0.4, -0.2) is 31.6 Å². The van der Waals surface area contributed by atoms with Crippen LogP contribution in [-0.2, 0) is 9.53 Å². The van der Waals surface area contributed by atoms with Crippen LogP contribution in [0.5, 0.6) is 0 Å². The van der Waals surface area contributed by atoms with E-state index >= 15 is 0 Å². The molecule has 20 heavy (non-hydrogen) atoms. The lowest BCUT2D eigenvalue weighted by Crippen LogP contribution is -2.35. The molecule has 0 radical (unpaired) electrons. The summed E-state index contributed by atoms with van der Waals surface area (Å²) in [6.07, 6.45) is 2.20. The molecular weight excluding hydrogens is 276 g/mol. The van der Waals surface area contributed by atoms with Gasteiger partial charge in [0.1, 0.15) is 5.00 Å². The number of thiophene rings is 1. The number of rotatable bonds is 6. The van der Waals surface area contributed by atoms with Crippen molar-refractivity contribution >= 4 is 28.2 Å². The fourth-order valence-electron chi connectivity index (χ4n) is 1.92. The second kappa shape index (κ2) is 6.37. The number of nitrogens with one attached hydrogen (secondary N) is 2. The van der Waals surface area contributed by atoms with Crippen LogP contribution < -0.4 is 10.6 Å². The molecule has 1 aliphatic rings. The third-order valence-corrected chi connectivity index (χ3v) is 4.29. The second-order valence-corrected chi connectivity index (χ2v) is 5.77. The highest BCUT2D eigenvalue weighted by molar-refractivity contribution is 7.15. The van der Waals surface area contributed by atoms with Gasteiger partial charge in [-0.25, -0.2) is 4.79 Å². The Morgan fingerprint density at radius 2 is 2.20 bits per heavy atom. The molecule has 1 atom stereocenters. The number of hydrogen-bond acceptors (Lipinski definition) is 5. The summed E-state index contributed by atoms with van der Waals surface area (Å²) in [6, 6.07) is -0.309. The van der Waals surface area contributed by atoms with Crippen molar-refractivity contribution in [1.29, 1.82) is 0 Å². The number of amides is 1. The van der Waals surface area contributed by atoms with Crippen molar-refractivity contribution in [3.63, 3.8) is 0 Å². The molecule has 0 saturated heterocycles. The van der Waals surface area contributed by atoms with Gasteiger partial charge in [-0.15, -0.1) is 11.3 Å². The summed E-state index contributed by atoms with van der Waals surface area (Å²) >= 11 is 1.39. The van der Waals surface area contributed by atoms with Crippen LogP contribution >= 0.6 is 11.3 Å². The highest BCUT2D eigenvalue weighted by Crippen LogP contribution is 2.46. The molecule has 0 aromatic carbocycles. The Labute approximate surface area is 122 Å². The van der Waals surface area contributed by atoms with E-state index in [4.69, 9.17) is 4.74 Å². The first-order valence-corrected chi connectivity index (χ1v) is 7.73.